The third kappa shape index (κ3) is 1.47. The van der Waals surface area contributed by atoms with Crippen LogP contribution in [0.4, 0.5) is 0 Å². The van der Waals surface area contributed by atoms with E-state index in [1.165, 1.54) is 5.57 Å². The van der Waals surface area contributed by atoms with Crippen molar-refractivity contribution in [3.63, 3.8) is 0 Å². The summed E-state index contributed by atoms with van der Waals surface area (Å²) in [4.78, 5) is 0. The molecule has 2 nitrogen and oxygen atoms in total. The van der Waals surface area contributed by atoms with Gasteiger partial charge < -0.3 is 9.84 Å². The van der Waals surface area contributed by atoms with E-state index in [2.05, 4.69) is 20.4 Å². The Kier molecular flexibility index (Phi) is 2.32. The number of ether oxygens (including phenoxy) is 1. The summed E-state index contributed by atoms with van der Waals surface area (Å²) in [5, 5.41) is 10.6. The third-order valence-corrected chi connectivity index (χ3v) is 5.55. The maximum atomic E-state index is 10.6. The van der Waals surface area contributed by atoms with Crippen LogP contribution in [0.2, 0.25) is 0 Å². The molecule has 3 fully saturated rings. The van der Waals surface area contributed by atoms with Crippen LogP contribution in [-0.2, 0) is 4.74 Å². The van der Waals surface area contributed by atoms with E-state index in [1.807, 2.05) is 6.92 Å². The van der Waals surface area contributed by atoms with Crippen LogP contribution < -0.4 is 0 Å². The first-order valence-electron chi connectivity index (χ1n) is 6.96. The molecule has 3 rings (SSSR count). The van der Waals surface area contributed by atoms with Gasteiger partial charge in [-0.25, -0.2) is 0 Å². The zero-order valence-electron chi connectivity index (χ0n) is 11.2. The average molecular weight is 236 g/mol. The lowest BCUT2D eigenvalue weighted by molar-refractivity contribution is 0.00193. The van der Waals surface area contributed by atoms with Crippen molar-refractivity contribution < 1.29 is 9.84 Å². The molecule has 0 bridgehead atoms. The van der Waals surface area contributed by atoms with Crippen LogP contribution in [-0.4, -0.2) is 22.4 Å². The van der Waals surface area contributed by atoms with Crippen LogP contribution in [0.5, 0.6) is 0 Å². The Bertz CT molecular complexity index is 358. The molecule has 2 aliphatic carbocycles. The van der Waals surface area contributed by atoms with Crippen molar-refractivity contribution in [3.05, 3.63) is 12.2 Å². The average Bonchev–Trinajstić information content (AvgIpc) is 2.88. The molecule has 0 aromatic carbocycles. The summed E-state index contributed by atoms with van der Waals surface area (Å²) >= 11 is 0. The highest BCUT2D eigenvalue weighted by molar-refractivity contribution is 5.23. The lowest BCUT2D eigenvalue weighted by Crippen LogP contribution is -2.38. The monoisotopic (exact) mass is 236 g/mol. The first-order chi connectivity index (χ1) is 7.88. The molecule has 3 aliphatic rings. The van der Waals surface area contributed by atoms with Crippen LogP contribution in [0.25, 0.3) is 0 Å². The summed E-state index contributed by atoms with van der Waals surface area (Å²) in [6, 6.07) is 0. The number of hydrogen-bond acceptors (Lipinski definition) is 2. The van der Waals surface area contributed by atoms with Crippen LogP contribution in [0.3, 0.4) is 0 Å². The van der Waals surface area contributed by atoms with Gasteiger partial charge in [-0.2, -0.15) is 0 Å². The highest BCUT2D eigenvalue weighted by atomic mass is 16.6. The summed E-state index contributed by atoms with van der Waals surface area (Å²) in [7, 11) is 0. The number of allylic oxidation sites excluding steroid dienone is 1. The van der Waals surface area contributed by atoms with Crippen molar-refractivity contribution >= 4 is 0 Å². The van der Waals surface area contributed by atoms with Gasteiger partial charge in [-0.15, -0.1) is 0 Å². The molecule has 1 heterocycles. The van der Waals surface area contributed by atoms with Crippen LogP contribution in [0.15, 0.2) is 12.2 Å². The minimum Gasteiger partial charge on any atom is -0.390 e. The Morgan fingerprint density at radius 1 is 1.41 bits per heavy atom. The lowest BCUT2D eigenvalue weighted by Gasteiger charge is -2.28. The smallest absolute Gasteiger partial charge is 0.0978 e. The molecule has 17 heavy (non-hydrogen) atoms. The quantitative estimate of drug-likeness (QED) is 0.561. The maximum Gasteiger partial charge on any atom is 0.0978 e. The van der Waals surface area contributed by atoms with Crippen LogP contribution in [0, 0.1) is 17.8 Å². The van der Waals surface area contributed by atoms with Gasteiger partial charge in [0.2, 0.25) is 0 Å². The summed E-state index contributed by atoms with van der Waals surface area (Å²) < 4.78 is 6.10. The molecule has 1 saturated heterocycles. The highest BCUT2D eigenvalue weighted by Crippen LogP contribution is 2.61. The Balaban J connectivity index is 1.96. The molecule has 1 N–H and O–H groups in total. The molecular formula is C15H24O2. The van der Waals surface area contributed by atoms with Gasteiger partial charge in [-0.1, -0.05) is 26.0 Å². The molecule has 0 aromatic rings. The largest absolute Gasteiger partial charge is 0.390 e. The summed E-state index contributed by atoms with van der Waals surface area (Å²) in [6.45, 7) is 10.7. The molecule has 1 aliphatic heterocycles. The molecule has 2 saturated carbocycles. The fourth-order valence-electron chi connectivity index (χ4n) is 4.30. The Morgan fingerprint density at radius 3 is 2.76 bits per heavy atom. The van der Waals surface area contributed by atoms with E-state index >= 15 is 0 Å². The first-order valence-corrected chi connectivity index (χ1v) is 6.96. The Labute approximate surface area is 104 Å². The van der Waals surface area contributed by atoms with Crippen LogP contribution in [0.1, 0.15) is 46.5 Å². The number of fused-ring (bicyclic) bond motifs is 3. The van der Waals surface area contributed by atoms with E-state index in [4.69, 9.17) is 4.74 Å². The van der Waals surface area contributed by atoms with Gasteiger partial charge >= 0.3 is 0 Å². The Morgan fingerprint density at radius 2 is 2.12 bits per heavy atom. The fraction of sp³-hybridized carbons (Fsp3) is 0.867. The van der Waals surface area contributed by atoms with Crippen molar-refractivity contribution in [2.24, 2.45) is 17.8 Å². The molecule has 1 unspecified atom stereocenters. The van der Waals surface area contributed by atoms with Gasteiger partial charge in [0.05, 0.1) is 17.3 Å². The standard InChI is InChI=1S/C15H24O2/c1-9(2)15-8-5-10(3)11-6-7-14(4,16)12(11)13(15)17-15/h9,11-13,16H,3,5-8H2,1-2,4H3/t11-,12?,13-,14-,15-/m1/s1. The van der Waals surface area contributed by atoms with Gasteiger partial charge in [0, 0.05) is 5.92 Å². The Hall–Kier alpha value is -0.340. The van der Waals surface area contributed by atoms with Crippen molar-refractivity contribution in [2.45, 2.75) is 63.8 Å². The second kappa shape index (κ2) is 3.36. The maximum absolute atomic E-state index is 10.6. The van der Waals surface area contributed by atoms with Crippen LogP contribution >= 0.6 is 0 Å². The molecule has 2 heteroatoms. The van der Waals surface area contributed by atoms with E-state index in [9.17, 15) is 5.11 Å². The second-order valence-electron chi connectivity index (χ2n) is 6.83. The first kappa shape index (κ1) is 11.7. The van der Waals surface area contributed by atoms with Gasteiger partial charge in [-0.3, -0.25) is 0 Å². The van der Waals surface area contributed by atoms with Gasteiger partial charge in [0.15, 0.2) is 0 Å². The van der Waals surface area contributed by atoms with E-state index in [0.717, 1.165) is 25.7 Å². The van der Waals surface area contributed by atoms with E-state index in [0.29, 0.717) is 11.8 Å². The topological polar surface area (TPSA) is 32.8 Å². The highest BCUT2D eigenvalue weighted by Gasteiger charge is 2.68. The third-order valence-electron chi connectivity index (χ3n) is 5.55. The van der Waals surface area contributed by atoms with Gasteiger partial charge in [0.1, 0.15) is 0 Å². The second-order valence-corrected chi connectivity index (χ2v) is 6.83. The predicted octanol–water partition coefficient (Wildman–Crippen LogP) is 2.91. The molecule has 0 spiro atoms. The van der Waals surface area contributed by atoms with Crippen molar-refractivity contribution in [3.8, 4) is 0 Å². The van der Waals surface area contributed by atoms with E-state index in [-0.39, 0.29) is 17.6 Å². The molecule has 0 amide bonds. The van der Waals surface area contributed by atoms with Gasteiger partial charge in [-0.05, 0) is 44.4 Å². The minimum absolute atomic E-state index is 0.0384. The molecular weight excluding hydrogens is 212 g/mol. The summed E-state index contributed by atoms with van der Waals surface area (Å²) in [5.74, 6) is 1.30. The predicted molar refractivity (Wildman–Crippen MR) is 67.7 cm³/mol. The zero-order chi connectivity index (χ0) is 12.4. The molecule has 0 aromatic heterocycles. The van der Waals surface area contributed by atoms with Crippen molar-refractivity contribution in [2.75, 3.05) is 0 Å². The minimum atomic E-state index is -0.556. The van der Waals surface area contributed by atoms with E-state index < -0.39 is 5.60 Å². The zero-order valence-corrected chi connectivity index (χ0v) is 11.2. The normalized spacial score (nSPS) is 53.2. The molecule has 5 atom stereocenters. The van der Waals surface area contributed by atoms with Crippen molar-refractivity contribution in [1.82, 2.24) is 0 Å². The number of aliphatic hydroxyl groups is 1. The number of epoxide rings is 1. The fourth-order valence-corrected chi connectivity index (χ4v) is 4.30. The SMILES string of the molecule is C=C1CC[C@]2(C(C)C)O[C@@H]2C2[C@@H]1CC[C@@]2(C)O. The van der Waals surface area contributed by atoms with E-state index in [1.54, 1.807) is 0 Å². The number of rotatable bonds is 1. The van der Waals surface area contributed by atoms with Crippen molar-refractivity contribution in [1.29, 1.82) is 0 Å². The lowest BCUT2D eigenvalue weighted by atomic mass is 9.77. The number of hydrogen-bond donors (Lipinski definition) is 1. The molecule has 96 valence electrons. The molecule has 0 radical (unpaired) electrons. The van der Waals surface area contributed by atoms with Gasteiger partial charge in [0.25, 0.3) is 0 Å². The summed E-state index contributed by atoms with van der Waals surface area (Å²) in [6.07, 6.45) is 4.42. The summed E-state index contributed by atoms with van der Waals surface area (Å²) in [5.41, 5.74) is 0.833.